The number of benzene rings is 1. The van der Waals surface area contributed by atoms with E-state index in [9.17, 15) is 4.79 Å². The molecule has 0 unspecified atom stereocenters. The first-order valence-corrected chi connectivity index (χ1v) is 9.04. The molecule has 2 heterocycles. The number of para-hydroxylation sites is 2. The van der Waals surface area contributed by atoms with E-state index in [0.29, 0.717) is 5.13 Å². The van der Waals surface area contributed by atoms with E-state index in [-0.39, 0.29) is 12.5 Å². The van der Waals surface area contributed by atoms with Crippen LogP contribution in [0.3, 0.4) is 0 Å². The summed E-state index contributed by atoms with van der Waals surface area (Å²) in [5.41, 5.74) is 1.90. The molecule has 3 rings (SSSR count). The van der Waals surface area contributed by atoms with Gasteiger partial charge in [0.15, 0.2) is 5.13 Å². The third-order valence-corrected chi connectivity index (χ3v) is 4.55. The third kappa shape index (κ3) is 3.15. The summed E-state index contributed by atoms with van der Waals surface area (Å²) in [6.07, 6.45) is 3.79. The van der Waals surface area contributed by atoms with E-state index in [4.69, 9.17) is 0 Å². The Morgan fingerprint density at radius 2 is 2.23 bits per heavy atom. The topological polar surface area (TPSA) is 59.8 Å². The molecule has 0 aliphatic heterocycles. The van der Waals surface area contributed by atoms with Gasteiger partial charge in [-0.05, 0) is 25.3 Å². The fourth-order valence-corrected chi connectivity index (χ4v) is 3.42. The number of aryl methyl sites for hydroxylation is 1. The monoisotopic (exact) mass is 332 g/mol. The summed E-state index contributed by atoms with van der Waals surface area (Å²) in [5, 5.41) is 3.49. The minimum atomic E-state index is -0.0835. The lowest BCUT2D eigenvalue weighted by Gasteiger charge is -2.08. The Morgan fingerprint density at radius 1 is 1.41 bits per heavy atom. The Bertz CT molecular complexity index is 809. The van der Waals surface area contributed by atoms with Crippen LogP contribution in [-0.2, 0) is 17.1 Å². The molecule has 0 aliphatic rings. The van der Waals surface area contributed by atoms with Gasteiger partial charge in [-0.1, -0.05) is 12.1 Å². The fraction of sp³-hybridized carbons (Fsp3) is 0.267. The predicted molar refractivity (Wildman–Crippen MR) is 92.4 cm³/mol. The average molecular weight is 332 g/mol. The number of imidazole rings is 1. The van der Waals surface area contributed by atoms with Crippen molar-refractivity contribution in [2.75, 3.05) is 11.6 Å². The van der Waals surface area contributed by atoms with Crippen molar-refractivity contribution < 1.29 is 4.79 Å². The van der Waals surface area contributed by atoms with Gasteiger partial charge in [-0.3, -0.25) is 4.79 Å². The van der Waals surface area contributed by atoms with Crippen molar-refractivity contribution in [3.8, 4) is 0 Å². The van der Waals surface area contributed by atoms with Gasteiger partial charge in [-0.2, -0.15) is 11.8 Å². The number of anilines is 1. The molecule has 114 valence electrons. The van der Waals surface area contributed by atoms with Crippen molar-refractivity contribution in [3.05, 3.63) is 41.2 Å². The van der Waals surface area contributed by atoms with Gasteiger partial charge in [0.1, 0.15) is 12.4 Å². The van der Waals surface area contributed by atoms with Gasteiger partial charge in [0, 0.05) is 11.1 Å². The summed E-state index contributed by atoms with van der Waals surface area (Å²) < 4.78 is 1.97. The van der Waals surface area contributed by atoms with E-state index in [1.807, 2.05) is 42.0 Å². The van der Waals surface area contributed by atoms with Crippen molar-refractivity contribution in [1.82, 2.24) is 14.5 Å². The quantitative estimate of drug-likeness (QED) is 0.779. The SMILES string of the molecule is CSCc1nc2ccccc2n1CC(=O)Nc1ncc(C)s1. The lowest BCUT2D eigenvalue weighted by Crippen LogP contribution is -2.19. The van der Waals surface area contributed by atoms with E-state index in [2.05, 4.69) is 15.3 Å². The number of hydrogen-bond acceptors (Lipinski definition) is 5. The number of rotatable bonds is 5. The molecule has 0 spiro atoms. The van der Waals surface area contributed by atoms with Gasteiger partial charge in [0.25, 0.3) is 0 Å². The zero-order chi connectivity index (χ0) is 15.5. The standard InChI is InChI=1S/C15H16N4OS2/c1-10-7-16-15(22-10)18-14(20)8-19-12-6-4-3-5-11(12)17-13(19)9-21-2/h3-7H,8-9H2,1-2H3,(H,16,18,20). The third-order valence-electron chi connectivity index (χ3n) is 3.18. The molecule has 2 aromatic heterocycles. The van der Waals surface area contributed by atoms with Gasteiger partial charge in [0.05, 0.1) is 16.8 Å². The highest BCUT2D eigenvalue weighted by Gasteiger charge is 2.14. The largest absolute Gasteiger partial charge is 0.318 e. The number of thiazole rings is 1. The van der Waals surface area contributed by atoms with Crippen molar-refractivity contribution in [3.63, 3.8) is 0 Å². The summed E-state index contributed by atoms with van der Waals surface area (Å²) in [5.74, 6) is 1.61. The van der Waals surface area contributed by atoms with Gasteiger partial charge >= 0.3 is 0 Å². The summed E-state index contributed by atoms with van der Waals surface area (Å²) in [6, 6.07) is 7.89. The molecule has 0 saturated carbocycles. The number of nitrogens with one attached hydrogen (secondary N) is 1. The molecule has 0 fully saturated rings. The molecule has 5 nitrogen and oxygen atoms in total. The van der Waals surface area contributed by atoms with E-state index in [1.54, 1.807) is 18.0 Å². The van der Waals surface area contributed by atoms with Crippen molar-refractivity contribution in [2.24, 2.45) is 0 Å². The van der Waals surface area contributed by atoms with Crippen LogP contribution in [0.1, 0.15) is 10.7 Å². The van der Waals surface area contributed by atoms with Gasteiger partial charge in [-0.25, -0.2) is 9.97 Å². The highest BCUT2D eigenvalue weighted by Crippen LogP contribution is 2.20. The molecule has 1 amide bonds. The molecule has 0 radical (unpaired) electrons. The fourth-order valence-electron chi connectivity index (χ4n) is 2.26. The van der Waals surface area contributed by atoms with Crippen LogP contribution in [0, 0.1) is 6.92 Å². The van der Waals surface area contributed by atoms with Crippen LogP contribution in [-0.4, -0.2) is 26.7 Å². The van der Waals surface area contributed by atoms with Gasteiger partial charge in [0.2, 0.25) is 5.91 Å². The zero-order valence-corrected chi connectivity index (χ0v) is 14.0. The van der Waals surface area contributed by atoms with Crippen LogP contribution in [0.4, 0.5) is 5.13 Å². The predicted octanol–water partition coefficient (Wildman–Crippen LogP) is 3.30. The van der Waals surface area contributed by atoms with Crippen LogP contribution in [0.15, 0.2) is 30.5 Å². The summed E-state index contributed by atoms with van der Waals surface area (Å²) in [4.78, 5) is 22.1. The average Bonchev–Trinajstić information content (AvgIpc) is 3.04. The molecule has 22 heavy (non-hydrogen) atoms. The first-order valence-electron chi connectivity index (χ1n) is 6.82. The number of carbonyl (C=O) groups is 1. The minimum Gasteiger partial charge on any atom is -0.318 e. The summed E-state index contributed by atoms with van der Waals surface area (Å²) >= 11 is 3.17. The maximum absolute atomic E-state index is 12.3. The van der Waals surface area contributed by atoms with Crippen LogP contribution < -0.4 is 5.32 Å². The van der Waals surface area contributed by atoms with Crippen molar-refractivity contribution >= 4 is 45.2 Å². The molecule has 0 aliphatic carbocycles. The lowest BCUT2D eigenvalue weighted by atomic mass is 10.3. The molecule has 0 atom stereocenters. The second-order valence-corrected chi connectivity index (χ2v) is 6.96. The molecule has 7 heteroatoms. The van der Waals surface area contributed by atoms with Gasteiger partial charge < -0.3 is 9.88 Å². The second kappa shape index (κ2) is 6.50. The second-order valence-electron chi connectivity index (χ2n) is 4.86. The Balaban J connectivity index is 1.85. The molecule has 1 aromatic carbocycles. The smallest absolute Gasteiger partial charge is 0.246 e. The van der Waals surface area contributed by atoms with E-state index < -0.39 is 0 Å². The first kappa shape index (κ1) is 15.1. The molecular formula is C15H16N4OS2. The van der Waals surface area contributed by atoms with E-state index in [1.165, 1.54) is 11.3 Å². The van der Waals surface area contributed by atoms with Crippen molar-refractivity contribution in [2.45, 2.75) is 19.2 Å². The Labute approximate surface area is 136 Å². The molecule has 0 bridgehead atoms. The molecule has 3 aromatic rings. The normalized spacial score (nSPS) is 11.0. The number of hydrogen-bond donors (Lipinski definition) is 1. The highest BCUT2D eigenvalue weighted by molar-refractivity contribution is 7.97. The Hall–Kier alpha value is -1.86. The van der Waals surface area contributed by atoms with E-state index >= 15 is 0 Å². The highest BCUT2D eigenvalue weighted by atomic mass is 32.2. The molecular weight excluding hydrogens is 316 g/mol. The minimum absolute atomic E-state index is 0.0835. The number of nitrogens with zero attached hydrogens (tertiary/aromatic N) is 3. The number of thioether (sulfide) groups is 1. The van der Waals surface area contributed by atoms with Crippen LogP contribution in [0.25, 0.3) is 11.0 Å². The summed E-state index contributed by atoms with van der Waals surface area (Å²) in [6.45, 7) is 2.21. The number of aromatic nitrogens is 3. The van der Waals surface area contributed by atoms with Crippen molar-refractivity contribution in [1.29, 1.82) is 0 Å². The summed E-state index contributed by atoms with van der Waals surface area (Å²) in [7, 11) is 0. The lowest BCUT2D eigenvalue weighted by molar-refractivity contribution is -0.116. The van der Waals surface area contributed by atoms with Crippen LogP contribution in [0.2, 0.25) is 0 Å². The number of carbonyl (C=O) groups excluding carboxylic acids is 1. The Kier molecular flexibility index (Phi) is 4.44. The maximum atomic E-state index is 12.3. The number of amides is 1. The molecule has 1 N–H and O–H groups in total. The number of fused-ring (bicyclic) bond motifs is 1. The van der Waals surface area contributed by atoms with Crippen LogP contribution in [0.5, 0.6) is 0 Å². The maximum Gasteiger partial charge on any atom is 0.246 e. The van der Waals surface area contributed by atoms with E-state index in [0.717, 1.165) is 27.5 Å². The van der Waals surface area contributed by atoms with Gasteiger partial charge in [-0.15, -0.1) is 11.3 Å². The molecule has 0 saturated heterocycles. The zero-order valence-electron chi connectivity index (χ0n) is 12.4. The first-order chi connectivity index (χ1) is 10.7. The van der Waals surface area contributed by atoms with Crippen LogP contribution >= 0.6 is 23.1 Å². The Morgan fingerprint density at radius 3 is 2.95 bits per heavy atom.